The van der Waals surface area contributed by atoms with Crippen LogP contribution in [0.2, 0.25) is 15.1 Å². The minimum atomic E-state index is -1.43. The van der Waals surface area contributed by atoms with Crippen LogP contribution in [0.4, 0.5) is 0 Å². The number of fused-ring (bicyclic) bond motifs is 9. The fraction of sp³-hybridized carbons (Fsp3) is 0.254. The predicted molar refractivity (Wildman–Crippen MR) is 342 cm³/mol. The van der Waals surface area contributed by atoms with Crippen molar-refractivity contribution in [1.29, 1.82) is 10.5 Å². The van der Waals surface area contributed by atoms with E-state index >= 15 is 0 Å². The number of hydrogen-bond acceptors (Lipinski definition) is 14. The average molecular weight is 1310 g/mol. The first-order valence-corrected chi connectivity index (χ1v) is 31.3. The molecule has 12 atom stereocenters. The van der Waals surface area contributed by atoms with Crippen LogP contribution in [0.1, 0.15) is 98.6 Å². The topological polar surface area (TPSA) is 253 Å². The highest BCUT2D eigenvalue weighted by atomic mass is 79.9. The van der Waals surface area contributed by atoms with E-state index in [0.29, 0.717) is 86.3 Å². The lowest BCUT2D eigenvalue weighted by Gasteiger charge is -2.41. The molecule has 9 N–H and O–H groups in total. The van der Waals surface area contributed by atoms with Crippen LogP contribution < -0.4 is 31.4 Å². The van der Waals surface area contributed by atoms with Crippen molar-refractivity contribution in [3.05, 3.63) is 282 Å². The molecule has 3 aromatic heterocycles. The standard InChI is InChI=1S/2C24H20ClN3O2.C23H20BrClN2O2/c2*25-19-11-21-22(28-14-19)23(29)18(13-27)10-20(16-4-2-1-3-5-16)24(23,30-21)17-8-6-15(12-26)7-9-17;24-17-8-6-15(7-9-17)23-19(14-4-2-1-3-5-14)10-16(12-26)22(23,28)21-20(29-23)11-18(25)13-27-21/h2*1-9,11,14,18,20,29H,10,13,27H2;1-9,11,13,16,19,28H,10,12,26H2/t2*18-,20+,23-,24+;16-,19+,22-,23+/m111/s1. The van der Waals surface area contributed by atoms with Gasteiger partial charge in [0.05, 0.1) is 38.3 Å². The van der Waals surface area contributed by atoms with Crippen molar-refractivity contribution in [2.24, 2.45) is 35.0 Å². The maximum absolute atomic E-state index is 12.3. The van der Waals surface area contributed by atoms with Gasteiger partial charge in [-0.05, 0) is 109 Å². The first-order valence-electron chi connectivity index (χ1n) is 29.3. The van der Waals surface area contributed by atoms with Gasteiger partial charge in [0.1, 0.15) is 34.3 Å². The third-order valence-corrected chi connectivity index (χ3v) is 20.6. The van der Waals surface area contributed by atoms with Gasteiger partial charge < -0.3 is 46.7 Å². The highest BCUT2D eigenvalue weighted by Gasteiger charge is 2.75. The lowest BCUT2D eigenvalue weighted by molar-refractivity contribution is -0.127. The van der Waals surface area contributed by atoms with Crippen molar-refractivity contribution in [2.75, 3.05) is 19.6 Å². The van der Waals surface area contributed by atoms with Gasteiger partial charge in [0, 0.05) is 76.8 Å². The van der Waals surface area contributed by atoms with Gasteiger partial charge >= 0.3 is 0 Å². The number of benzene rings is 6. The van der Waals surface area contributed by atoms with Crippen molar-refractivity contribution < 1.29 is 29.5 Å². The summed E-state index contributed by atoms with van der Waals surface area (Å²) in [6.45, 7) is 0.890. The Hall–Kier alpha value is -7.74. The SMILES string of the molecule is N#Cc1ccc([C@@]23Oc4cc(Cl)cnc4[C@]2(O)[C@@H](CN)C[C@H]3c2ccccc2)cc1.N#Cc1ccc([C@@]23Oc4cc(Cl)cnc4[C@]2(O)[C@@H](CN)C[C@H]3c2ccccc2)cc1.NC[C@H]1C[C@@H](c2ccccc2)[C@]2(c3ccc(Br)cc3)Oc3cc(Cl)cnc3[C@]12O. The van der Waals surface area contributed by atoms with Crippen LogP contribution in [0.3, 0.4) is 0 Å². The summed E-state index contributed by atoms with van der Waals surface area (Å²) >= 11 is 22.1. The summed E-state index contributed by atoms with van der Waals surface area (Å²) in [6, 6.07) is 61.9. The maximum atomic E-state index is 12.3. The van der Waals surface area contributed by atoms with Crippen LogP contribution in [0.15, 0.2) is 205 Å². The molecule has 3 aliphatic carbocycles. The first-order chi connectivity index (χ1) is 43.1. The molecule has 6 heterocycles. The molecule has 3 fully saturated rings. The zero-order valence-corrected chi connectivity index (χ0v) is 51.7. The summed E-state index contributed by atoms with van der Waals surface area (Å²) in [4.78, 5) is 13.5. The smallest absolute Gasteiger partial charge is 0.175 e. The number of ether oxygens (including phenoxy) is 3. The van der Waals surface area contributed by atoms with E-state index in [4.69, 9.17) is 66.2 Å². The van der Waals surface area contributed by atoms with Crippen molar-refractivity contribution >= 4 is 50.7 Å². The van der Waals surface area contributed by atoms with Gasteiger partial charge in [-0.3, -0.25) is 15.0 Å². The third-order valence-electron chi connectivity index (χ3n) is 19.5. The Morgan fingerprint density at radius 2 is 0.708 bits per heavy atom. The molecule has 6 aromatic carbocycles. The Morgan fingerprint density at radius 1 is 0.438 bits per heavy atom. The molecule has 89 heavy (non-hydrogen) atoms. The van der Waals surface area contributed by atoms with Gasteiger partial charge in [0.25, 0.3) is 0 Å². The number of hydrogen-bond donors (Lipinski definition) is 6. The second-order valence-corrected chi connectivity index (χ2v) is 25.8. The zero-order chi connectivity index (χ0) is 62.1. The lowest BCUT2D eigenvalue weighted by Crippen LogP contribution is -2.51. The van der Waals surface area contributed by atoms with Gasteiger partial charge in [-0.2, -0.15) is 10.5 Å². The first kappa shape index (κ1) is 60.2. The molecule has 6 aliphatic rings. The van der Waals surface area contributed by atoms with E-state index < -0.39 is 33.6 Å². The van der Waals surface area contributed by atoms with E-state index in [9.17, 15) is 25.8 Å². The molecule has 0 saturated heterocycles. The molecular formula is C71H60BrCl3N8O6. The quantitative estimate of drug-likeness (QED) is 0.0786. The molecule has 3 saturated carbocycles. The minimum Gasteiger partial charge on any atom is -0.476 e. The molecule has 14 nitrogen and oxygen atoms in total. The molecule has 0 amide bonds. The second-order valence-electron chi connectivity index (χ2n) is 23.6. The number of aromatic nitrogens is 3. The summed E-state index contributed by atoms with van der Waals surface area (Å²) in [6.07, 6.45) is 6.58. The summed E-state index contributed by atoms with van der Waals surface area (Å²) in [5.41, 5.74) is 19.2. The van der Waals surface area contributed by atoms with E-state index in [2.05, 4.69) is 55.2 Å². The normalized spacial score (nSPS) is 29.3. The zero-order valence-electron chi connectivity index (χ0n) is 47.8. The summed E-state index contributed by atoms with van der Waals surface area (Å²) in [5.74, 6) is 0.254. The second kappa shape index (κ2) is 23.3. The number of halogens is 4. The van der Waals surface area contributed by atoms with E-state index in [1.54, 1.807) is 48.7 Å². The molecule has 9 aromatic rings. The highest BCUT2D eigenvalue weighted by Crippen LogP contribution is 2.71. The Kier molecular flexibility index (Phi) is 15.7. The highest BCUT2D eigenvalue weighted by molar-refractivity contribution is 9.10. The van der Waals surface area contributed by atoms with Crippen LogP contribution in [0.25, 0.3) is 0 Å². The Balaban J connectivity index is 0.000000123. The third kappa shape index (κ3) is 9.03. The van der Waals surface area contributed by atoms with Crippen molar-refractivity contribution in [2.45, 2.75) is 70.6 Å². The summed E-state index contributed by atoms with van der Waals surface area (Å²) in [7, 11) is 0. The molecule has 18 heteroatoms. The van der Waals surface area contributed by atoms with E-state index in [-0.39, 0.29) is 48.6 Å². The van der Waals surface area contributed by atoms with Gasteiger partial charge in [0.2, 0.25) is 0 Å². The molecule has 0 bridgehead atoms. The molecule has 0 unspecified atom stereocenters. The van der Waals surface area contributed by atoms with Gasteiger partial charge in [0.15, 0.2) is 33.6 Å². The molecule has 15 rings (SSSR count). The van der Waals surface area contributed by atoms with Crippen LogP contribution >= 0.6 is 50.7 Å². The summed E-state index contributed by atoms with van der Waals surface area (Å²) < 4.78 is 20.9. The van der Waals surface area contributed by atoms with Crippen LogP contribution in [-0.4, -0.2) is 49.9 Å². The molecule has 3 aliphatic heterocycles. The average Bonchev–Trinajstić information content (AvgIpc) is 1.54. The van der Waals surface area contributed by atoms with Gasteiger partial charge in [-0.1, -0.05) is 178 Å². The Bertz CT molecular complexity index is 4030. The van der Waals surface area contributed by atoms with Gasteiger partial charge in [-0.25, -0.2) is 0 Å². The van der Waals surface area contributed by atoms with E-state index in [0.717, 1.165) is 37.9 Å². The van der Waals surface area contributed by atoms with Crippen molar-refractivity contribution in [3.8, 4) is 29.4 Å². The predicted octanol–water partition coefficient (Wildman–Crippen LogP) is 12.4. The minimum absolute atomic E-state index is 0.101. The van der Waals surface area contributed by atoms with Crippen molar-refractivity contribution in [1.82, 2.24) is 15.0 Å². The number of pyridine rings is 3. The maximum Gasteiger partial charge on any atom is 0.175 e. The number of nitrogens with zero attached hydrogens (tertiary/aromatic N) is 5. The largest absolute Gasteiger partial charge is 0.476 e. The molecule has 448 valence electrons. The fourth-order valence-electron chi connectivity index (χ4n) is 15.7. The Labute approximate surface area is 538 Å². The van der Waals surface area contributed by atoms with E-state index in [1.807, 2.05) is 127 Å². The van der Waals surface area contributed by atoms with Crippen LogP contribution in [0.5, 0.6) is 17.2 Å². The lowest BCUT2D eigenvalue weighted by atomic mass is 9.71. The monoisotopic (exact) mass is 1300 g/mol. The Morgan fingerprint density at radius 3 is 0.966 bits per heavy atom. The number of nitrogens with two attached hydrogens (primary N) is 3. The molecule has 0 radical (unpaired) electrons. The summed E-state index contributed by atoms with van der Waals surface area (Å²) in [5, 5.41) is 56.8. The van der Waals surface area contributed by atoms with Gasteiger partial charge in [-0.15, -0.1) is 0 Å². The van der Waals surface area contributed by atoms with Crippen molar-refractivity contribution in [3.63, 3.8) is 0 Å². The van der Waals surface area contributed by atoms with Crippen LogP contribution in [-0.2, 0) is 33.6 Å². The molecule has 0 spiro atoms. The number of aliphatic hydroxyl groups is 3. The fourth-order valence-corrected chi connectivity index (χ4v) is 16.4. The number of rotatable bonds is 9. The van der Waals surface area contributed by atoms with Crippen LogP contribution in [0, 0.1) is 40.4 Å². The number of nitriles is 2. The molecular weight excluding hydrogens is 1250 g/mol. The van der Waals surface area contributed by atoms with E-state index in [1.165, 1.54) is 12.4 Å².